The van der Waals surface area contributed by atoms with Gasteiger partial charge in [0.15, 0.2) is 0 Å². The topological polar surface area (TPSA) is 146 Å². The van der Waals surface area contributed by atoms with Gasteiger partial charge in [0.05, 0.1) is 6.34 Å². The molecule has 1 aromatic carbocycles. The molecule has 0 saturated heterocycles. The third kappa shape index (κ3) is 8.99. The summed E-state index contributed by atoms with van der Waals surface area (Å²) in [6, 6.07) is 2.80. The highest BCUT2D eigenvalue weighted by Crippen LogP contribution is 2.19. The number of hydrogen-bond acceptors (Lipinski definition) is 5. The molecule has 8 heteroatoms. The molecule has 0 radical (unpaired) electrons. The maximum absolute atomic E-state index is 12.8. The van der Waals surface area contributed by atoms with Gasteiger partial charge in [0.2, 0.25) is 0 Å². The summed E-state index contributed by atoms with van der Waals surface area (Å²) in [5.41, 5.74) is 10.1. The van der Waals surface area contributed by atoms with E-state index in [0.29, 0.717) is 24.9 Å². The second-order valence-corrected chi connectivity index (χ2v) is 4.31. The normalized spacial score (nSPS) is 11.9. The van der Waals surface area contributed by atoms with E-state index in [4.69, 9.17) is 16.2 Å². The fourth-order valence-electron chi connectivity index (χ4n) is 1.53. The van der Waals surface area contributed by atoms with Crippen molar-refractivity contribution in [1.82, 2.24) is 0 Å². The highest BCUT2D eigenvalue weighted by Gasteiger charge is 2.13. The summed E-state index contributed by atoms with van der Waals surface area (Å²) in [5.74, 6) is -1.72. The number of halogens is 1. The molecule has 0 aliphatic rings. The van der Waals surface area contributed by atoms with Gasteiger partial charge in [0.25, 0.3) is 0 Å². The molecule has 0 spiro atoms. The number of benzene rings is 1. The Morgan fingerprint density at radius 3 is 2.65 bits per heavy atom. The minimum Gasteiger partial charge on any atom is -0.507 e. The van der Waals surface area contributed by atoms with Gasteiger partial charge in [-0.05, 0) is 43.7 Å². The molecule has 7 N–H and O–H groups in total. The van der Waals surface area contributed by atoms with Gasteiger partial charge in [-0.2, -0.15) is 0 Å². The van der Waals surface area contributed by atoms with Crippen LogP contribution in [-0.2, 0) is 4.79 Å². The lowest BCUT2D eigenvalue weighted by Crippen LogP contribution is -2.19. The van der Waals surface area contributed by atoms with E-state index in [9.17, 15) is 14.3 Å². The monoisotopic (exact) mass is 324 g/mol. The van der Waals surface area contributed by atoms with Crippen LogP contribution in [0.5, 0.6) is 5.75 Å². The lowest BCUT2D eigenvalue weighted by Gasteiger charge is -2.04. The summed E-state index contributed by atoms with van der Waals surface area (Å²) in [6.45, 7) is 0.415. The van der Waals surface area contributed by atoms with Gasteiger partial charge in [-0.25, -0.2) is 9.18 Å². The Bertz CT molecular complexity index is 562. The summed E-state index contributed by atoms with van der Waals surface area (Å²) in [5, 5.41) is 24.3. The third-order valence-corrected chi connectivity index (χ3v) is 2.59. The molecule has 0 saturated carbocycles. The molecule has 0 heterocycles. The Morgan fingerprint density at radius 2 is 2.13 bits per heavy atom. The quantitative estimate of drug-likeness (QED) is 0.379. The molecule has 0 amide bonds. The number of aromatic hydroxyl groups is 1. The van der Waals surface area contributed by atoms with Crippen LogP contribution in [0.1, 0.15) is 18.4 Å². The van der Waals surface area contributed by atoms with Gasteiger partial charge in [0, 0.05) is 17.8 Å². The second-order valence-electron chi connectivity index (χ2n) is 4.31. The van der Waals surface area contributed by atoms with Crippen molar-refractivity contribution in [2.75, 3.05) is 6.54 Å². The summed E-state index contributed by atoms with van der Waals surface area (Å²) in [6.07, 6.45) is 6.05. The van der Waals surface area contributed by atoms with Crippen molar-refractivity contribution in [2.24, 2.45) is 16.5 Å². The highest BCUT2D eigenvalue weighted by atomic mass is 19.1. The largest absolute Gasteiger partial charge is 0.507 e. The molecular weight excluding hydrogens is 303 g/mol. The number of nitrogens with one attached hydrogen (secondary N) is 1. The zero-order valence-electron chi connectivity index (χ0n) is 12.5. The van der Waals surface area contributed by atoms with Crippen molar-refractivity contribution in [2.45, 2.75) is 18.9 Å². The standard InChI is InChI=1S/C14H17FN2O3.CH4N2/c15-11-6-5-10(13(18)9-11)3-2-8-17-12(14(19)20)4-1-7-16;2-1-3/h2-3,5-6,8-9,12,18H,1,4,7,16H2,(H,19,20);1H,(H3,2,3)/b3-2+,17-8?;. The fourth-order valence-corrected chi connectivity index (χ4v) is 1.53. The zero-order valence-corrected chi connectivity index (χ0v) is 12.5. The first kappa shape index (κ1) is 20.3. The number of rotatable bonds is 7. The number of aliphatic imine (C=N–C) groups is 1. The Kier molecular flexibility index (Phi) is 10.5. The number of hydrogen-bond donors (Lipinski definition) is 5. The number of nitrogens with zero attached hydrogens (tertiary/aromatic N) is 1. The second kappa shape index (κ2) is 11.9. The van der Waals surface area contributed by atoms with Crippen LogP contribution in [0.25, 0.3) is 6.08 Å². The minimum atomic E-state index is -1.01. The van der Waals surface area contributed by atoms with Gasteiger partial charge in [-0.3, -0.25) is 10.4 Å². The number of allylic oxidation sites excluding steroid dienone is 1. The number of carboxylic acid groups (broad SMARTS) is 1. The van der Waals surface area contributed by atoms with Crippen LogP contribution in [0.3, 0.4) is 0 Å². The molecular formula is C15H21FN4O3. The lowest BCUT2D eigenvalue weighted by molar-refractivity contribution is -0.138. The average molecular weight is 324 g/mol. The van der Waals surface area contributed by atoms with Gasteiger partial charge in [-0.15, -0.1) is 0 Å². The van der Waals surface area contributed by atoms with E-state index in [-0.39, 0.29) is 5.75 Å². The number of phenolic OH excluding ortho intramolecular Hbond substituents is 1. The highest BCUT2D eigenvalue weighted by molar-refractivity contribution is 5.82. The number of nitrogens with two attached hydrogens (primary N) is 2. The number of aliphatic carboxylic acids is 1. The first-order valence-electron chi connectivity index (χ1n) is 6.78. The Balaban J connectivity index is 0.00000149. The first-order chi connectivity index (χ1) is 11.0. The fraction of sp³-hybridized carbons (Fsp3) is 0.267. The smallest absolute Gasteiger partial charge is 0.328 e. The van der Waals surface area contributed by atoms with E-state index in [1.165, 1.54) is 30.5 Å². The van der Waals surface area contributed by atoms with Crippen molar-refractivity contribution < 1.29 is 19.4 Å². The number of phenols is 1. The summed E-state index contributed by atoms with van der Waals surface area (Å²) in [4.78, 5) is 14.8. The summed E-state index contributed by atoms with van der Waals surface area (Å²) < 4.78 is 12.8. The molecule has 1 aromatic rings. The van der Waals surface area contributed by atoms with Gasteiger partial charge < -0.3 is 21.7 Å². The first-order valence-corrected chi connectivity index (χ1v) is 6.78. The van der Waals surface area contributed by atoms with Crippen LogP contribution in [0.15, 0.2) is 29.3 Å². The van der Waals surface area contributed by atoms with E-state index in [1.54, 1.807) is 0 Å². The van der Waals surface area contributed by atoms with Crippen LogP contribution >= 0.6 is 0 Å². The van der Waals surface area contributed by atoms with E-state index >= 15 is 0 Å². The van der Waals surface area contributed by atoms with Crippen LogP contribution in [0, 0.1) is 11.2 Å². The van der Waals surface area contributed by atoms with Crippen LogP contribution in [0.4, 0.5) is 4.39 Å². The molecule has 1 atom stereocenters. The van der Waals surface area contributed by atoms with E-state index in [1.807, 2.05) is 0 Å². The van der Waals surface area contributed by atoms with Crippen molar-refractivity contribution in [1.29, 1.82) is 5.41 Å². The predicted octanol–water partition coefficient (Wildman–Crippen LogP) is 1.36. The predicted molar refractivity (Wildman–Crippen MR) is 88.3 cm³/mol. The number of carbonyl (C=O) groups is 1. The van der Waals surface area contributed by atoms with Crippen LogP contribution in [0.2, 0.25) is 0 Å². The van der Waals surface area contributed by atoms with Crippen molar-refractivity contribution in [3.8, 4) is 5.75 Å². The molecule has 0 aliphatic heterocycles. The zero-order chi connectivity index (χ0) is 17.7. The molecule has 0 bridgehead atoms. The average Bonchev–Trinajstić information content (AvgIpc) is 2.48. The van der Waals surface area contributed by atoms with Crippen molar-refractivity contribution >= 4 is 24.6 Å². The SMILES string of the molecule is N=CN.NCCCC(N=C/C=C/c1ccc(F)cc1O)C(=O)O. The van der Waals surface area contributed by atoms with Gasteiger partial charge in [-0.1, -0.05) is 0 Å². The molecule has 0 aromatic heterocycles. The summed E-state index contributed by atoms with van der Waals surface area (Å²) >= 11 is 0. The van der Waals surface area contributed by atoms with E-state index < -0.39 is 17.8 Å². The Morgan fingerprint density at radius 1 is 1.48 bits per heavy atom. The lowest BCUT2D eigenvalue weighted by atomic mass is 10.1. The van der Waals surface area contributed by atoms with Crippen LogP contribution in [-0.4, -0.2) is 41.3 Å². The molecule has 7 nitrogen and oxygen atoms in total. The Hall–Kier alpha value is -2.74. The third-order valence-electron chi connectivity index (χ3n) is 2.59. The molecule has 0 fully saturated rings. The molecule has 1 unspecified atom stereocenters. The van der Waals surface area contributed by atoms with E-state index in [0.717, 1.165) is 12.4 Å². The maximum Gasteiger partial charge on any atom is 0.328 e. The van der Waals surface area contributed by atoms with Gasteiger partial charge in [0.1, 0.15) is 17.6 Å². The number of carboxylic acids is 1. The summed E-state index contributed by atoms with van der Waals surface area (Å²) in [7, 11) is 0. The molecule has 0 aliphatic carbocycles. The Labute approximate surface area is 133 Å². The molecule has 1 rings (SSSR count). The van der Waals surface area contributed by atoms with Crippen molar-refractivity contribution in [3.05, 3.63) is 35.7 Å². The maximum atomic E-state index is 12.8. The minimum absolute atomic E-state index is 0.187. The van der Waals surface area contributed by atoms with Gasteiger partial charge >= 0.3 is 5.97 Å². The van der Waals surface area contributed by atoms with Crippen LogP contribution < -0.4 is 11.5 Å². The molecule has 126 valence electrons. The van der Waals surface area contributed by atoms with Crippen molar-refractivity contribution in [3.63, 3.8) is 0 Å². The van der Waals surface area contributed by atoms with E-state index in [2.05, 4.69) is 10.7 Å². The molecule has 23 heavy (non-hydrogen) atoms.